The number of carbonyl (C=O) groups is 2. The van der Waals surface area contributed by atoms with Gasteiger partial charge in [-0.05, 0) is 66.8 Å². The van der Waals surface area contributed by atoms with Gasteiger partial charge in [-0.3, -0.25) is 9.52 Å². The molecule has 1 aliphatic rings. The number of anilines is 1. The van der Waals surface area contributed by atoms with E-state index in [0.29, 0.717) is 17.2 Å². The number of methoxy groups -OCH3 is 1. The highest BCUT2D eigenvalue weighted by molar-refractivity contribution is 7.92. The van der Waals surface area contributed by atoms with Crippen molar-refractivity contribution in [2.75, 3.05) is 18.4 Å². The highest BCUT2D eigenvalue weighted by Crippen LogP contribution is 2.32. The first kappa shape index (κ1) is 26.3. The predicted molar refractivity (Wildman–Crippen MR) is 137 cm³/mol. The molecule has 0 aromatic heterocycles. The molecule has 1 fully saturated rings. The number of sulfonamides is 1. The van der Waals surface area contributed by atoms with E-state index in [1.54, 1.807) is 24.3 Å². The average Bonchev–Trinajstić information content (AvgIpc) is 2.92. The third-order valence-corrected chi connectivity index (χ3v) is 7.84. The second-order valence-electron chi connectivity index (χ2n) is 8.94. The number of halogens is 1. The SMILES string of the molecule is COc1ccc(NS(=O)(=O)c2cc(C(=O)OCC(=O)c3ccc(C4CCCCC4)cc3)ccc2F)cc1. The van der Waals surface area contributed by atoms with Crippen molar-refractivity contribution in [1.29, 1.82) is 0 Å². The largest absolute Gasteiger partial charge is 0.497 e. The predicted octanol–water partition coefficient (Wildman–Crippen LogP) is 5.72. The molecule has 3 aromatic rings. The van der Waals surface area contributed by atoms with E-state index in [9.17, 15) is 22.4 Å². The van der Waals surface area contributed by atoms with Gasteiger partial charge in [-0.2, -0.15) is 0 Å². The maximum absolute atomic E-state index is 14.4. The lowest BCUT2D eigenvalue weighted by molar-refractivity contribution is 0.0474. The Balaban J connectivity index is 1.40. The van der Waals surface area contributed by atoms with Crippen molar-refractivity contribution < 1.29 is 31.9 Å². The van der Waals surface area contributed by atoms with Crippen LogP contribution in [0.3, 0.4) is 0 Å². The van der Waals surface area contributed by atoms with Crippen LogP contribution in [0.4, 0.5) is 10.1 Å². The van der Waals surface area contributed by atoms with Crippen molar-refractivity contribution in [2.24, 2.45) is 0 Å². The van der Waals surface area contributed by atoms with E-state index in [1.165, 1.54) is 44.1 Å². The first-order valence-electron chi connectivity index (χ1n) is 12.0. The van der Waals surface area contributed by atoms with Crippen molar-refractivity contribution in [3.8, 4) is 5.75 Å². The van der Waals surface area contributed by atoms with Gasteiger partial charge in [-0.25, -0.2) is 17.6 Å². The molecule has 0 aliphatic heterocycles. The molecule has 0 radical (unpaired) electrons. The van der Waals surface area contributed by atoms with Crippen LogP contribution in [0.2, 0.25) is 0 Å². The van der Waals surface area contributed by atoms with Crippen LogP contribution in [0, 0.1) is 5.82 Å². The van der Waals surface area contributed by atoms with Gasteiger partial charge in [0.25, 0.3) is 10.0 Å². The maximum Gasteiger partial charge on any atom is 0.338 e. The van der Waals surface area contributed by atoms with Gasteiger partial charge in [-0.15, -0.1) is 0 Å². The highest BCUT2D eigenvalue weighted by atomic mass is 32.2. The lowest BCUT2D eigenvalue weighted by atomic mass is 9.84. The number of ketones is 1. The summed E-state index contributed by atoms with van der Waals surface area (Å²) >= 11 is 0. The Morgan fingerprint density at radius 2 is 1.57 bits per heavy atom. The number of hydrogen-bond acceptors (Lipinski definition) is 6. The third-order valence-electron chi connectivity index (χ3n) is 6.44. The Morgan fingerprint density at radius 3 is 2.22 bits per heavy atom. The number of ether oxygens (including phenoxy) is 2. The summed E-state index contributed by atoms with van der Waals surface area (Å²) in [6, 6.07) is 16.2. The minimum Gasteiger partial charge on any atom is -0.497 e. The molecule has 0 heterocycles. The van der Waals surface area contributed by atoms with E-state index in [2.05, 4.69) is 4.72 Å². The molecular weight excluding hydrogens is 497 g/mol. The molecule has 0 atom stereocenters. The van der Waals surface area contributed by atoms with Gasteiger partial charge in [0, 0.05) is 11.3 Å². The smallest absolute Gasteiger partial charge is 0.338 e. The first-order valence-corrected chi connectivity index (χ1v) is 13.5. The zero-order valence-electron chi connectivity index (χ0n) is 20.4. The number of nitrogens with one attached hydrogen (secondary N) is 1. The molecule has 4 rings (SSSR count). The van der Waals surface area contributed by atoms with Crippen LogP contribution in [-0.2, 0) is 14.8 Å². The molecule has 0 bridgehead atoms. The molecule has 9 heteroatoms. The Bertz CT molecular complexity index is 1360. The van der Waals surface area contributed by atoms with E-state index >= 15 is 0 Å². The summed E-state index contributed by atoms with van der Waals surface area (Å²) in [6.07, 6.45) is 5.99. The standard InChI is InChI=1S/C28H28FNO6S/c1-35-24-14-12-23(13-15-24)30-37(33,34)27-17-22(11-16-25(27)29)28(32)36-18-26(31)21-9-7-20(8-10-21)19-5-3-2-4-6-19/h7-17,19,30H,2-6,18H2,1H3. The topological polar surface area (TPSA) is 98.8 Å². The van der Waals surface area contributed by atoms with E-state index in [1.807, 2.05) is 12.1 Å². The molecule has 0 spiro atoms. The first-order chi connectivity index (χ1) is 17.8. The lowest BCUT2D eigenvalue weighted by Crippen LogP contribution is -2.17. The van der Waals surface area contributed by atoms with Crippen LogP contribution in [0.25, 0.3) is 0 Å². The van der Waals surface area contributed by atoms with Crippen LogP contribution in [-0.4, -0.2) is 33.9 Å². The molecule has 0 amide bonds. The summed E-state index contributed by atoms with van der Waals surface area (Å²) in [5, 5.41) is 0. The minimum atomic E-state index is -4.35. The fourth-order valence-corrected chi connectivity index (χ4v) is 5.54. The van der Waals surface area contributed by atoms with Crippen molar-refractivity contribution in [3.63, 3.8) is 0 Å². The van der Waals surface area contributed by atoms with Gasteiger partial charge in [0.15, 0.2) is 12.4 Å². The van der Waals surface area contributed by atoms with Crippen LogP contribution >= 0.6 is 0 Å². The number of rotatable bonds is 9. The van der Waals surface area contributed by atoms with E-state index in [-0.39, 0.29) is 17.0 Å². The monoisotopic (exact) mass is 525 g/mol. The third kappa shape index (κ3) is 6.54. The number of carbonyl (C=O) groups excluding carboxylic acids is 2. The Labute approximate surface area is 215 Å². The normalized spacial score (nSPS) is 14.1. The van der Waals surface area contributed by atoms with Crippen molar-refractivity contribution >= 4 is 27.5 Å². The highest BCUT2D eigenvalue weighted by Gasteiger charge is 2.23. The van der Waals surface area contributed by atoms with Gasteiger partial charge >= 0.3 is 5.97 Å². The van der Waals surface area contributed by atoms with Crippen LogP contribution in [0.5, 0.6) is 5.75 Å². The Hall–Kier alpha value is -3.72. The van der Waals surface area contributed by atoms with Crippen molar-refractivity contribution in [1.82, 2.24) is 0 Å². The van der Waals surface area contributed by atoms with Crippen molar-refractivity contribution in [3.05, 3.63) is 89.2 Å². The number of Topliss-reactive ketones (excluding diaryl/α,β-unsaturated/α-hetero) is 1. The summed E-state index contributed by atoms with van der Waals surface area (Å²) in [6.45, 7) is -0.523. The zero-order valence-corrected chi connectivity index (χ0v) is 21.2. The number of esters is 1. The zero-order chi connectivity index (χ0) is 26.4. The maximum atomic E-state index is 14.4. The number of hydrogen-bond donors (Lipinski definition) is 1. The summed E-state index contributed by atoms with van der Waals surface area (Å²) in [7, 11) is -2.88. The molecule has 7 nitrogen and oxygen atoms in total. The van der Waals surface area contributed by atoms with Crippen LogP contribution in [0.1, 0.15) is 64.3 Å². The van der Waals surface area contributed by atoms with E-state index < -0.39 is 33.3 Å². The second kappa shape index (κ2) is 11.6. The fourth-order valence-electron chi connectivity index (χ4n) is 4.38. The van der Waals surface area contributed by atoms with Gasteiger partial charge in [0.1, 0.15) is 16.5 Å². The molecule has 1 N–H and O–H groups in total. The molecule has 194 valence electrons. The number of benzene rings is 3. The van der Waals surface area contributed by atoms with Gasteiger partial charge in [0.05, 0.1) is 12.7 Å². The fraction of sp³-hybridized carbons (Fsp3) is 0.286. The molecule has 37 heavy (non-hydrogen) atoms. The minimum absolute atomic E-state index is 0.188. The average molecular weight is 526 g/mol. The van der Waals surface area contributed by atoms with Gasteiger partial charge in [-0.1, -0.05) is 43.5 Å². The molecule has 1 saturated carbocycles. The molecular formula is C28H28FNO6S. The summed E-state index contributed by atoms with van der Waals surface area (Å²) < 4.78 is 52.3. The van der Waals surface area contributed by atoms with E-state index in [4.69, 9.17) is 9.47 Å². The summed E-state index contributed by atoms with van der Waals surface area (Å²) in [5.74, 6) is -1.33. The van der Waals surface area contributed by atoms with E-state index in [0.717, 1.165) is 31.0 Å². The molecule has 3 aromatic carbocycles. The summed E-state index contributed by atoms with van der Waals surface area (Å²) in [5.41, 5.74) is 1.61. The van der Waals surface area contributed by atoms with Gasteiger partial charge in [0.2, 0.25) is 0 Å². The Morgan fingerprint density at radius 1 is 0.919 bits per heavy atom. The lowest BCUT2D eigenvalue weighted by Gasteiger charge is -2.22. The quantitative estimate of drug-likeness (QED) is 0.283. The molecule has 1 aliphatic carbocycles. The Kier molecular flexibility index (Phi) is 8.23. The van der Waals surface area contributed by atoms with Gasteiger partial charge < -0.3 is 9.47 Å². The summed E-state index contributed by atoms with van der Waals surface area (Å²) in [4.78, 5) is 24.4. The second-order valence-corrected chi connectivity index (χ2v) is 10.6. The molecule has 0 saturated heterocycles. The van der Waals surface area contributed by atoms with Crippen molar-refractivity contribution in [2.45, 2.75) is 42.9 Å². The van der Waals surface area contributed by atoms with Crippen LogP contribution in [0.15, 0.2) is 71.6 Å². The molecule has 0 unspecified atom stereocenters. The van der Waals surface area contributed by atoms with Crippen LogP contribution < -0.4 is 9.46 Å².